The molecule has 1 aromatic heterocycles. The lowest BCUT2D eigenvalue weighted by Crippen LogP contribution is -2.32. The molecule has 1 amide bonds. The van der Waals surface area contributed by atoms with Crippen LogP contribution in [-0.4, -0.2) is 28.5 Å². The highest BCUT2D eigenvalue weighted by molar-refractivity contribution is 9.10. The lowest BCUT2D eigenvalue weighted by molar-refractivity contribution is 0.0780. The fraction of sp³-hybridized carbons (Fsp3) is 0.357. The summed E-state index contributed by atoms with van der Waals surface area (Å²) in [4.78, 5) is 14.2. The van der Waals surface area contributed by atoms with Crippen LogP contribution in [-0.2, 0) is 0 Å². The summed E-state index contributed by atoms with van der Waals surface area (Å²) in [6.07, 6.45) is 7.78. The standard InChI is InChI=1S/C14H17BrN2O/c1-3-7-16(8-4-2)14(18)13-9-11(15)10-17(13)12-5-6-12/h3-4,9-10,12H,1-2,5-8H2. The zero-order chi connectivity index (χ0) is 13.1. The second-order valence-corrected chi connectivity index (χ2v) is 5.39. The molecule has 2 rings (SSSR count). The number of carbonyl (C=O) groups is 1. The van der Waals surface area contributed by atoms with Crippen LogP contribution in [0.15, 0.2) is 42.0 Å². The zero-order valence-electron chi connectivity index (χ0n) is 10.3. The molecule has 0 N–H and O–H groups in total. The first-order valence-corrected chi connectivity index (χ1v) is 6.85. The smallest absolute Gasteiger partial charge is 0.271 e. The van der Waals surface area contributed by atoms with E-state index < -0.39 is 0 Å². The molecule has 3 nitrogen and oxygen atoms in total. The maximum atomic E-state index is 12.5. The van der Waals surface area contributed by atoms with E-state index in [1.54, 1.807) is 17.1 Å². The third-order valence-electron chi connectivity index (χ3n) is 2.96. The molecule has 0 aliphatic heterocycles. The van der Waals surface area contributed by atoms with Gasteiger partial charge in [-0.15, -0.1) is 13.2 Å². The normalized spacial score (nSPS) is 14.3. The number of amides is 1. The molecular weight excluding hydrogens is 292 g/mol. The number of carbonyl (C=O) groups excluding carboxylic acids is 1. The van der Waals surface area contributed by atoms with Crippen LogP contribution in [0.3, 0.4) is 0 Å². The topological polar surface area (TPSA) is 25.2 Å². The number of rotatable bonds is 6. The number of nitrogens with zero attached hydrogens (tertiary/aromatic N) is 2. The Morgan fingerprint density at radius 1 is 1.44 bits per heavy atom. The first-order valence-electron chi connectivity index (χ1n) is 6.05. The van der Waals surface area contributed by atoms with E-state index in [4.69, 9.17) is 0 Å². The van der Waals surface area contributed by atoms with Gasteiger partial charge in [0.25, 0.3) is 5.91 Å². The van der Waals surface area contributed by atoms with Gasteiger partial charge in [-0.1, -0.05) is 12.2 Å². The average molecular weight is 309 g/mol. The Bertz CT molecular complexity index is 464. The number of hydrogen-bond acceptors (Lipinski definition) is 1. The molecule has 96 valence electrons. The Kier molecular flexibility index (Phi) is 4.07. The minimum absolute atomic E-state index is 0.0346. The van der Waals surface area contributed by atoms with Gasteiger partial charge in [0.2, 0.25) is 0 Å². The van der Waals surface area contributed by atoms with Crippen molar-refractivity contribution in [1.29, 1.82) is 0 Å². The van der Waals surface area contributed by atoms with E-state index in [1.807, 2.05) is 12.3 Å². The molecule has 0 atom stereocenters. The summed E-state index contributed by atoms with van der Waals surface area (Å²) in [6, 6.07) is 2.38. The molecule has 1 aromatic rings. The second kappa shape index (κ2) is 5.57. The molecule has 4 heteroatoms. The van der Waals surface area contributed by atoms with Gasteiger partial charge in [0, 0.05) is 29.8 Å². The third kappa shape index (κ3) is 2.75. The van der Waals surface area contributed by atoms with Crippen LogP contribution in [0.4, 0.5) is 0 Å². The quantitative estimate of drug-likeness (QED) is 0.739. The van der Waals surface area contributed by atoms with Gasteiger partial charge in [0.1, 0.15) is 5.69 Å². The predicted octanol–water partition coefficient (Wildman–Crippen LogP) is 3.40. The van der Waals surface area contributed by atoms with Crippen LogP contribution in [0, 0.1) is 0 Å². The van der Waals surface area contributed by atoms with Crippen LogP contribution >= 0.6 is 15.9 Å². The van der Waals surface area contributed by atoms with Crippen LogP contribution < -0.4 is 0 Å². The van der Waals surface area contributed by atoms with Crippen molar-refractivity contribution >= 4 is 21.8 Å². The molecule has 18 heavy (non-hydrogen) atoms. The summed E-state index contributed by atoms with van der Waals surface area (Å²) >= 11 is 3.44. The summed E-state index contributed by atoms with van der Waals surface area (Å²) in [6.45, 7) is 8.46. The van der Waals surface area contributed by atoms with Gasteiger partial charge in [-0.05, 0) is 34.8 Å². The highest BCUT2D eigenvalue weighted by atomic mass is 79.9. The van der Waals surface area contributed by atoms with Crippen molar-refractivity contribution in [1.82, 2.24) is 9.47 Å². The summed E-state index contributed by atoms with van der Waals surface area (Å²) in [5, 5.41) is 0. The van der Waals surface area contributed by atoms with Gasteiger partial charge in [0.05, 0.1) is 0 Å². The molecule has 0 radical (unpaired) electrons. The van der Waals surface area contributed by atoms with Gasteiger partial charge >= 0.3 is 0 Å². The number of hydrogen-bond donors (Lipinski definition) is 0. The molecule has 1 fully saturated rings. The summed E-state index contributed by atoms with van der Waals surface area (Å²) in [5.41, 5.74) is 0.744. The van der Waals surface area contributed by atoms with Gasteiger partial charge < -0.3 is 9.47 Å². The van der Waals surface area contributed by atoms with E-state index in [9.17, 15) is 4.79 Å². The molecular formula is C14H17BrN2O. The molecule has 0 aromatic carbocycles. The largest absolute Gasteiger partial charge is 0.339 e. The Balaban J connectivity index is 2.25. The van der Waals surface area contributed by atoms with Crippen molar-refractivity contribution in [2.45, 2.75) is 18.9 Å². The fourth-order valence-corrected chi connectivity index (χ4v) is 2.42. The average Bonchev–Trinajstić information content (AvgIpc) is 3.11. The van der Waals surface area contributed by atoms with Crippen molar-refractivity contribution < 1.29 is 4.79 Å². The summed E-state index contributed by atoms with van der Waals surface area (Å²) in [7, 11) is 0. The molecule has 0 saturated heterocycles. The monoisotopic (exact) mass is 308 g/mol. The third-order valence-corrected chi connectivity index (χ3v) is 3.39. The maximum absolute atomic E-state index is 12.5. The molecule has 1 aliphatic rings. The van der Waals surface area contributed by atoms with Crippen LogP contribution in [0.2, 0.25) is 0 Å². The molecule has 0 spiro atoms. The van der Waals surface area contributed by atoms with Crippen molar-refractivity contribution in [2.75, 3.05) is 13.1 Å². The summed E-state index contributed by atoms with van der Waals surface area (Å²) < 4.78 is 3.03. The molecule has 0 bridgehead atoms. The van der Waals surface area contributed by atoms with Gasteiger partial charge in [0.15, 0.2) is 0 Å². The molecule has 1 saturated carbocycles. The first kappa shape index (κ1) is 13.1. The molecule has 0 unspecified atom stereocenters. The highest BCUT2D eigenvalue weighted by Gasteiger charge is 2.29. The first-order chi connectivity index (χ1) is 8.67. The molecule has 1 aliphatic carbocycles. The van der Waals surface area contributed by atoms with Crippen LogP contribution in [0.25, 0.3) is 0 Å². The van der Waals surface area contributed by atoms with Crippen molar-refractivity contribution in [3.05, 3.63) is 47.7 Å². The lowest BCUT2D eigenvalue weighted by Gasteiger charge is -2.20. The maximum Gasteiger partial charge on any atom is 0.271 e. The fourth-order valence-electron chi connectivity index (χ4n) is 1.99. The van der Waals surface area contributed by atoms with E-state index in [-0.39, 0.29) is 5.91 Å². The number of aromatic nitrogens is 1. The van der Waals surface area contributed by atoms with E-state index >= 15 is 0 Å². The van der Waals surface area contributed by atoms with Crippen molar-refractivity contribution in [3.63, 3.8) is 0 Å². The Morgan fingerprint density at radius 2 is 2.06 bits per heavy atom. The van der Waals surface area contributed by atoms with Crippen LogP contribution in [0.5, 0.6) is 0 Å². The van der Waals surface area contributed by atoms with E-state index in [1.165, 1.54) is 0 Å². The van der Waals surface area contributed by atoms with E-state index in [0.717, 1.165) is 23.0 Å². The van der Waals surface area contributed by atoms with Gasteiger partial charge in [-0.25, -0.2) is 0 Å². The second-order valence-electron chi connectivity index (χ2n) is 4.47. The van der Waals surface area contributed by atoms with Gasteiger partial charge in [-0.3, -0.25) is 4.79 Å². The summed E-state index contributed by atoms with van der Waals surface area (Å²) in [5.74, 6) is 0.0346. The van der Waals surface area contributed by atoms with Crippen molar-refractivity contribution in [3.8, 4) is 0 Å². The predicted molar refractivity (Wildman–Crippen MR) is 76.7 cm³/mol. The Hall–Kier alpha value is -1.29. The lowest BCUT2D eigenvalue weighted by atomic mass is 10.3. The van der Waals surface area contributed by atoms with Gasteiger partial charge in [-0.2, -0.15) is 0 Å². The SMILES string of the molecule is C=CCN(CC=C)C(=O)c1cc(Br)cn1C1CC1. The van der Waals surface area contributed by atoms with Crippen LogP contribution in [0.1, 0.15) is 29.4 Å². The van der Waals surface area contributed by atoms with E-state index in [2.05, 4.69) is 33.7 Å². The minimum Gasteiger partial charge on any atom is -0.339 e. The van der Waals surface area contributed by atoms with E-state index in [0.29, 0.717) is 19.1 Å². The zero-order valence-corrected chi connectivity index (χ0v) is 11.9. The highest BCUT2D eigenvalue weighted by Crippen LogP contribution is 2.37. The van der Waals surface area contributed by atoms with Crippen molar-refractivity contribution in [2.24, 2.45) is 0 Å². The molecule has 1 heterocycles. The minimum atomic E-state index is 0.0346. The Labute approximate surface area is 116 Å². The number of halogens is 1. The Morgan fingerprint density at radius 3 is 2.56 bits per heavy atom.